The Balaban J connectivity index is 1.52. The van der Waals surface area contributed by atoms with Gasteiger partial charge in [0, 0.05) is 30.2 Å². The van der Waals surface area contributed by atoms with E-state index in [-0.39, 0.29) is 12.6 Å². The molecule has 26 heavy (non-hydrogen) atoms. The van der Waals surface area contributed by atoms with Crippen LogP contribution in [0.2, 0.25) is 0 Å². The van der Waals surface area contributed by atoms with Gasteiger partial charge in [-0.2, -0.15) is 0 Å². The van der Waals surface area contributed by atoms with Crippen molar-refractivity contribution in [2.45, 2.75) is 32.9 Å². The van der Waals surface area contributed by atoms with Crippen LogP contribution < -0.4 is 15.4 Å². The van der Waals surface area contributed by atoms with Crippen LogP contribution in [0, 0.1) is 5.82 Å². The zero-order valence-electron chi connectivity index (χ0n) is 15.0. The van der Waals surface area contributed by atoms with Crippen molar-refractivity contribution in [2.24, 2.45) is 4.99 Å². The molecule has 0 radical (unpaired) electrons. The van der Waals surface area contributed by atoms with Gasteiger partial charge in [-0.3, -0.25) is 4.99 Å². The van der Waals surface area contributed by atoms with Crippen LogP contribution in [0.25, 0.3) is 0 Å². The maximum atomic E-state index is 13.8. The van der Waals surface area contributed by atoms with Crippen molar-refractivity contribution in [3.8, 4) is 5.75 Å². The van der Waals surface area contributed by atoms with E-state index in [9.17, 15) is 4.39 Å². The quantitative estimate of drug-likeness (QED) is 0.597. The molecule has 0 amide bonds. The Morgan fingerprint density at radius 2 is 2.27 bits per heavy atom. The summed E-state index contributed by atoms with van der Waals surface area (Å²) in [5.41, 5.74) is 1.59. The fourth-order valence-electron chi connectivity index (χ4n) is 2.73. The topological polar surface area (TPSA) is 67.8 Å². The minimum Gasteiger partial charge on any atom is -0.467 e. The van der Waals surface area contributed by atoms with Crippen molar-refractivity contribution in [2.75, 3.05) is 20.4 Å². The Morgan fingerprint density at radius 3 is 3.04 bits per heavy atom. The maximum Gasteiger partial charge on any atom is 0.191 e. The predicted molar refractivity (Wildman–Crippen MR) is 100 cm³/mol. The Hall–Kier alpha value is -2.19. The van der Waals surface area contributed by atoms with Gasteiger partial charge in [0.1, 0.15) is 16.6 Å². The average Bonchev–Trinajstić information content (AvgIpc) is 3.12. The molecule has 0 saturated heterocycles. The van der Waals surface area contributed by atoms with E-state index >= 15 is 0 Å². The molecule has 140 valence electrons. The third-order valence-corrected chi connectivity index (χ3v) is 5.16. The van der Waals surface area contributed by atoms with Crippen LogP contribution in [-0.4, -0.2) is 31.3 Å². The highest BCUT2D eigenvalue weighted by atomic mass is 32.1. The smallest absolute Gasteiger partial charge is 0.191 e. The summed E-state index contributed by atoms with van der Waals surface area (Å²) >= 11 is 1.70. The minimum absolute atomic E-state index is 0.204. The molecule has 8 heteroatoms. The molecule has 1 aromatic heterocycles. The molecule has 0 unspecified atom stereocenters. The van der Waals surface area contributed by atoms with E-state index in [1.807, 2.05) is 6.20 Å². The number of guanidine groups is 1. The molecule has 2 aromatic rings. The second-order valence-corrected chi connectivity index (χ2v) is 7.04. The molecular formula is C18H23FN4O2S. The first kappa shape index (κ1) is 18.6. The molecule has 6 nitrogen and oxygen atoms in total. The molecule has 0 bridgehead atoms. The normalized spacial score (nSPS) is 13.9. The lowest BCUT2D eigenvalue weighted by atomic mass is 10.1. The molecule has 3 rings (SSSR count). The van der Waals surface area contributed by atoms with Crippen molar-refractivity contribution >= 4 is 17.3 Å². The number of hydrogen-bond donors (Lipinski definition) is 2. The number of halogens is 1. The van der Waals surface area contributed by atoms with Crippen LogP contribution in [0.15, 0.2) is 23.3 Å². The van der Waals surface area contributed by atoms with Crippen molar-refractivity contribution < 1.29 is 13.9 Å². The molecule has 0 fully saturated rings. The summed E-state index contributed by atoms with van der Waals surface area (Å²) in [5, 5.41) is 7.51. The third kappa shape index (κ3) is 4.70. The molecule has 0 spiro atoms. The fourth-order valence-corrected chi connectivity index (χ4v) is 3.53. The van der Waals surface area contributed by atoms with E-state index in [1.165, 1.54) is 17.0 Å². The van der Waals surface area contributed by atoms with Crippen LogP contribution in [0.4, 0.5) is 4.39 Å². The summed E-state index contributed by atoms with van der Waals surface area (Å²) in [5.74, 6) is 1.15. The number of aryl methyl sites for hydroxylation is 1. The summed E-state index contributed by atoms with van der Waals surface area (Å²) in [7, 11) is 1.72. The predicted octanol–water partition coefficient (Wildman–Crippen LogP) is 2.62. The largest absolute Gasteiger partial charge is 0.467 e. The summed E-state index contributed by atoms with van der Waals surface area (Å²) in [4.78, 5) is 9.86. The van der Waals surface area contributed by atoms with Gasteiger partial charge < -0.3 is 20.1 Å². The zero-order chi connectivity index (χ0) is 18.4. The lowest BCUT2D eigenvalue weighted by Crippen LogP contribution is -2.37. The van der Waals surface area contributed by atoms with Gasteiger partial charge in [-0.25, -0.2) is 9.37 Å². The van der Waals surface area contributed by atoms with Crippen LogP contribution in [0.3, 0.4) is 0 Å². The van der Waals surface area contributed by atoms with Gasteiger partial charge in [-0.1, -0.05) is 6.92 Å². The monoisotopic (exact) mass is 378 g/mol. The van der Waals surface area contributed by atoms with Crippen LogP contribution >= 0.6 is 11.3 Å². The van der Waals surface area contributed by atoms with Crippen molar-refractivity contribution in [3.05, 3.63) is 45.2 Å². The van der Waals surface area contributed by atoms with Gasteiger partial charge in [0.2, 0.25) is 0 Å². The first-order valence-electron chi connectivity index (χ1n) is 8.59. The number of thiazole rings is 1. The lowest BCUT2D eigenvalue weighted by Gasteiger charge is -2.21. The van der Waals surface area contributed by atoms with Gasteiger partial charge in [-0.05, 0) is 30.5 Å². The Kier molecular flexibility index (Phi) is 6.40. The zero-order valence-corrected chi connectivity index (χ0v) is 15.8. The standard InChI is InChI=1S/C18H23FN4O2S/c1-3-15-8-22-16(26-15)9-23-18(20-2)21-5-4-12-6-14(19)7-13-10-24-11-25-17(12)13/h6-8H,3-5,9-11H2,1-2H3,(H2,20,21,23). The van der Waals surface area contributed by atoms with E-state index < -0.39 is 0 Å². The number of benzene rings is 1. The Morgan fingerprint density at radius 1 is 1.38 bits per heavy atom. The highest BCUT2D eigenvalue weighted by Gasteiger charge is 2.16. The summed E-state index contributed by atoms with van der Waals surface area (Å²) in [6.07, 6.45) is 3.53. The van der Waals surface area contributed by atoms with Crippen LogP contribution in [0.5, 0.6) is 5.75 Å². The number of nitrogens with zero attached hydrogens (tertiary/aromatic N) is 2. The number of ether oxygens (including phenoxy) is 2. The molecule has 1 aliphatic rings. The molecule has 2 heterocycles. The number of aromatic nitrogens is 1. The molecule has 0 aliphatic carbocycles. The Bertz CT molecular complexity index is 779. The first-order chi connectivity index (χ1) is 12.7. The van der Waals surface area contributed by atoms with E-state index in [0.717, 1.165) is 28.3 Å². The van der Waals surface area contributed by atoms with Gasteiger partial charge in [0.15, 0.2) is 12.8 Å². The van der Waals surface area contributed by atoms with Gasteiger partial charge in [0.05, 0.1) is 13.2 Å². The van der Waals surface area contributed by atoms with E-state index in [2.05, 4.69) is 27.5 Å². The van der Waals surface area contributed by atoms with Gasteiger partial charge in [0.25, 0.3) is 0 Å². The van der Waals surface area contributed by atoms with Crippen molar-refractivity contribution in [3.63, 3.8) is 0 Å². The maximum absolute atomic E-state index is 13.8. The highest BCUT2D eigenvalue weighted by Crippen LogP contribution is 2.29. The van der Waals surface area contributed by atoms with E-state index in [4.69, 9.17) is 9.47 Å². The molecule has 1 aromatic carbocycles. The first-order valence-corrected chi connectivity index (χ1v) is 9.41. The third-order valence-electron chi connectivity index (χ3n) is 4.02. The molecule has 0 saturated carbocycles. The fraction of sp³-hybridized carbons (Fsp3) is 0.444. The summed E-state index contributed by atoms with van der Waals surface area (Å²) in [6.45, 7) is 3.93. The second-order valence-electron chi connectivity index (χ2n) is 5.84. The number of fused-ring (bicyclic) bond motifs is 1. The SMILES string of the molecule is CCc1cnc(CNC(=NC)NCCc2cc(F)cc3c2OCOC3)s1. The minimum atomic E-state index is -0.272. The molecule has 2 N–H and O–H groups in total. The molecule has 0 atom stereocenters. The van der Waals surface area contributed by atoms with Crippen molar-refractivity contribution in [1.82, 2.24) is 15.6 Å². The van der Waals surface area contributed by atoms with Gasteiger partial charge in [-0.15, -0.1) is 11.3 Å². The van der Waals surface area contributed by atoms with Crippen LogP contribution in [-0.2, 0) is 30.7 Å². The molecular weight excluding hydrogens is 355 g/mol. The van der Waals surface area contributed by atoms with Gasteiger partial charge >= 0.3 is 0 Å². The van der Waals surface area contributed by atoms with E-state index in [1.54, 1.807) is 18.4 Å². The van der Waals surface area contributed by atoms with Crippen LogP contribution in [0.1, 0.15) is 27.9 Å². The second kappa shape index (κ2) is 8.95. The Labute approximate surface area is 156 Å². The number of rotatable bonds is 6. The summed E-state index contributed by atoms with van der Waals surface area (Å²) < 4.78 is 24.5. The molecule has 1 aliphatic heterocycles. The van der Waals surface area contributed by atoms with E-state index in [0.29, 0.717) is 32.1 Å². The number of hydrogen-bond acceptors (Lipinski definition) is 5. The van der Waals surface area contributed by atoms with Crippen molar-refractivity contribution in [1.29, 1.82) is 0 Å². The highest BCUT2D eigenvalue weighted by molar-refractivity contribution is 7.11. The average molecular weight is 378 g/mol. The number of nitrogens with one attached hydrogen (secondary N) is 2. The number of aliphatic imine (C=N–C) groups is 1. The lowest BCUT2D eigenvalue weighted by molar-refractivity contribution is -0.0172. The summed E-state index contributed by atoms with van der Waals surface area (Å²) in [6, 6.07) is 2.98.